The van der Waals surface area contributed by atoms with E-state index in [1.54, 1.807) is 6.20 Å². The van der Waals surface area contributed by atoms with Crippen molar-refractivity contribution in [1.29, 1.82) is 0 Å². The van der Waals surface area contributed by atoms with E-state index in [0.717, 1.165) is 31.7 Å². The second-order valence-electron chi connectivity index (χ2n) is 9.16. The molecule has 1 N–H and O–H groups in total. The van der Waals surface area contributed by atoms with Crippen LogP contribution in [0.25, 0.3) is 10.9 Å². The maximum Gasteiger partial charge on any atom is 0.220 e. The minimum absolute atomic E-state index is 0. The lowest BCUT2D eigenvalue weighted by Gasteiger charge is -2.18. The van der Waals surface area contributed by atoms with Gasteiger partial charge < -0.3 is 14.8 Å². The maximum atomic E-state index is 13.1. The smallest absolute Gasteiger partial charge is 0.220 e. The topological polar surface area (TPSA) is 50.2 Å². The molecule has 0 bridgehead atoms. The summed E-state index contributed by atoms with van der Waals surface area (Å²) in [5.74, 6) is 0.0374. The molecule has 1 saturated heterocycles. The van der Waals surface area contributed by atoms with Gasteiger partial charge in [-0.25, -0.2) is 0 Å². The number of halogens is 1. The molecule has 182 valence electrons. The van der Waals surface area contributed by atoms with Crippen LogP contribution in [0.3, 0.4) is 0 Å². The Bertz CT molecular complexity index is 1220. The molecule has 5 rings (SSSR count). The molecule has 4 aromatic rings. The summed E-state index contributed by atoms with van der Waals surface area (Å²) in [6.07, 6.45) is 8.85. The third-order valence-electron chi connectivity index (χ3n) is 6.82. The molecule has 0 saturated carbocycles. The Labute approximate surface area is 213 Å². The summed E-state index contributed by atoms with van der Waals surface area (Å²) in [7, 11) is 0. The Hall–Kier alpha value is -3.15. The molecule has 1 amide bonds. The lowest BCUT2D eigenvalue weighted by atomic mass is 9.89. The average molecular weight is 489 g/mol. The van der Waals surface area contributed by atoms with E-state index in [1.807, 2.05) is 18.3 Å². The molecule has 1 fully saturated rings. The molecular weight excluding hydrogens is 456 g/mol. The van der Waals surface area contributed by atoms with Crippen molar-refractivity contribution >= 4 is 29.2 Å². The average Bonchev–Trinajstić information content (AvgIpc) is 3.52. The van der Waals surface area contributed by atoms with Crippen LogP contribution in [0.2, 0.25) is 0 Å². The van der Waals surface area contributed by atoms with Gasteiger partial charge in [-0.3, -0.25) is 9.78 Å². The lowest BCUT2D eigenvalue weighted by molar-refractivity contribution is -0.121. The molecule has 2 aromatic heterocycles. The highest BCUT2D eigenvalue weighted by atomic mass is 35.5. The number of benzene rings is 2. The van der Waals surface area contributed by atoms with Crippen molar-refractivity contribution in [2.75, 3.05) is 26.2 Å². The Balaban J connectivity index is 0.00000289. The third-order valence-corrected chi connectivity index (χ3v) is 6.82. The van der Waals surface area contributed by atoms with Crippen molar-refractivity contribution in [1.82, 2.24) is 19.8 Å². The predicted octanol–water partition coefficient (Wildman–Crippen LogP) is 5.24. The number of pyridine rings is 1. The standard InChI is InChI=1S/C29H32N4O.ClH/c34-29(31-15-18-32-16-6-7-17-32)19-26(24-11-8-14-30-20-24)27-22-33(21-23-9-2-1-3-10-23)28-13-5-4-12-25(27)28;/h1-5,8-14,20,22,26H,6-7,15-19,21H2,(H,31,34);1H. The minimum atomic E-state index is -0.0533. The number of hydrogen-bond donors (Lipinski definition) is 1. The molecule has 1 aliphatic rings. The fraction of sp³-hybridized carbons (Fsp3) is 0.310. The summed E-state index contributed by atoms with van der Waals surface area (Å²) in [6, 6.07) is 23.0. The van der Waals surface area contributed by atoms with E-state index in [1.165, 1.54) is 34.9 Å². The van der Waals surface area contributed by atoms with Crippen LogP contribution < -0.4 is 5.32 Å². The van der Waals surface area contributed by atoms with Gasteiger partial charge in [0.15, 0.2) is 0 Å². The van der Waals surface area contributed by atoms with E-state index >= 15 is 0 Å². The summed E-state index contributed by atoms with van der Waals surface area (Å²) in [5.41, 5.74) is 4.69. The van der Waals surface area contributed by atoms with Crippen LogP contribution in [0.1, 0.15) is 41.9 Å². The van der Waals surface area contributed by atoms with Gasteiger partial charge in [-0.05, 0) is 54.8 Å². The van der Waals surface area contributed by atoms with Gasteiger partial charge in [0.2, 0.25) is 5.91 Å². The molecular formula is C29H33ClN4O. The van der Waals surface area contributed by atoms with Crippen LogP contribution in [0.15, 0.2) is 85.3 Å². The van der Waals surface area contributed by atoms with Gasteiger partial charge in [0.05, 0.1) is 0 Å². The van der Waals surface area contributed by atoms with Gasteiger partial charge in [0.1, 0.15) is 0 Å². The van der Waals surface area contributed by atoms with Crippen molar-refractivity contribution in [3.63, 3.8) is 0 Å². The molecule has 0 spiro atoms. The second-order valence-corrected chi connectivity index (χ2v) is 9.16. The van der Waals surface area contributed by atoms with Gasteiger partial charge in [-0.2, -0.15) is 0 Å². The molecule has 5 nitrogen and oxygen atoms in total. The number of likely N-dealkylation sites (tertiary alicyclic amines) is 1. The first-order chi connectivity index (χ1) is 16.8. The largest absolute Gasteiger partial charge is 0.355 e. The second kappa shape index (κ2) is 12.0. The molecule has 3 heterocycles. The lowest BCUT2D eigenvalue weighted by Crippen LogP contribution is -2.34. The number of aromatic nitrogens is 2. The van der Waals surface area contributed by atoms with Crippen molar-refractivity contribution in [2.24, 2.45) is 0 Å². The Morgan fingerprint density at radius 3 is 2.51 bits per heavy atom. The minimum Gasteiger partial charge on any atom is -0.355 e. The van der Waals surface area contributed by atoms with E-state index in [2.05, 4.69) is 80.6 Å². The van der Waals surface area contributed by atoms with Crippen molar-refractivity contribution in [3.05, 3.63) is 102 Å². The predicted molar refractivity (Wildman–Crippen MR) is 144 cm³/mol. The van der Waals surface area contributed by atoms with Crippen LogP contribution in [0, 0.1) is 0 Å². The number of para-hydroxylation sites is 1. The van der Waals surface area contributed by atoms with E-state index in [0.29, 0.717) is 13.0 Å². The molecule has 6 heteroatoms. The monoisotopic (exact) mass is 488 g/mol. The van der Waals surface area contributed by atoms with Crippen molar-refractivity contribution in [2.45, 2.75) is 31.7 Å². The van der Waals surface area contributed by atoms with Crippen molar-refractivity contribution < 1.29 is 4.79 Å². The molecule has 0 radical (unpaired) electrons. The van der Waals surface area contributed by atoms with Crippen LogP contribution in [0.4, 0.5) is 0 Å². The highest BCUT2D eigenvalue weighted by Gasteiger charge is 2.23. The molecule has 0 aliphatic carbocycles. The molecule has 1 aliphatic heterocycles. The molecule has 1 unspecified atom stereocenters. The number of carbonyl (C=O) groups excluding carboxylic acids is 1. The van der Waals surface area contributed by atoms with E-state index in [-0.39, 0.29) is 24.2 Å². The van der Waals surface area contributed by atoms with Crippen LogP contribution >= 0.6 is 12.4 Å². The first kappa shape index (κ1) is 25.0. The molecule has 2 aromatic carbocycles. The Kier molecular flexibility index (Phi) is 8.56. The summed E-state index contributed by atoms with van der Waals surface area (Å²) >= 11 is 0. The summed E-state index contributed by atoms with van der Waals surface area (Å²) < 4.78 is 2.30. The van der Waals surface area contributed by atoms with E-state index < -0.39 is 0 Å². The number of nitrogens with one attached hydrogen (secondary N) is 1. The fourth-order valence-electron chi connectivity index (χ4n) is 5.07. The Morgan fingerprint density at radius 2 is 1.74 bits per heavy atom. The normalized spacial score (nSPS) is 14.5. The number of amides is 1. The number of fused-ring (bicyclic) bond motifs is 1. The number of hydrogen-bond acceptors (Lipinski definition) is 3. The number of rotatable bonds is 9. The van der Waals surface area contributed by atoms with Gasteiger partial charge in [-0.15, -0.1) is 12.4 Å². The molecule has 1 atom stereocenters. The van der Waals surface area contributed by atoms with Crippen LogP contribution in [-0.4, -0.2) is 46.5 Å². The maximum absolute atomic E-state index is 13.1. The molecule has 35 heavy (non-hydrogen) atoms. The zero-order valence-electron chi connectivity index (χ0n) is 20.0. The van der Waals surface area contributed by atoms with Gasteiger partial charge in [-0.1, -0.05) is 54.6 Å². The van der Waals surface area contributed by atoms with Gasteiger partial charge >= 0.3 is 0 Å². The summed E-state index contributed by atoms with van der Waals surface area (Å²) in [5, 5.41) is 4.36. The summed E-state index contributed by atoms with van der Waals surface area (Å²) in [6.45, 7) is 4.72. The van der Waals surface area contributed by atoms with Crippen LogP contribution in [-0.2, 0) is 11.3 Å². The number of nitrogens with zero attached hydrogens (tertiary/aromatic N) is 3. The third kappa shape index (κ3) is 6.11. The zero-order chi connectivity index (χ0) is 23.2. The Morgan fingerprint density at radius 1 is 0.971 bits per heavy atom. The SMILES string of the molecule is Cl.O=C(CC(c1cccnc1)c1cn(Cc2ccccc2)c2ccccc12)NCCN1CCCC1. The number of carbonyl (C=O) groups is 1. The zero-order valence-corrected chi connectivity index (χ0v) is 20.8. The van der Waals surface area contributed by atoms with Crippen molar-refractivity contribution in [3.8, 4) is 0 Å². The van der Waals surface area contributed by atoms with Gasteiger partial charge in [0, 0.05) is 61.5 Å². The summed E-state index contributed by atoms with van der Waals surface area (Å²) in [4.78, 5) is 19.8. The fourth-order valence-corrected chi connectivity index (χ4v) is 5.07. The van der Waals surface area contributed by atoms with E-state index in [9.17, 15) is 4.79 Å². The highest BCUT2D eigenvalue weighted by molar-refractivity contribution is 5.87. The highest BCUT2D eigenvalue weighted by Crippen LogP contribution is 2.34. The first-order valence-electron chi connectivity index (χ1n) is 12.3. The quantitative estimate of drug-likeness (QED) is 0.350. The van der Waals surface area contributed by atoms with Gasteiger partial charge in [0.25, 0.3) is 0 Å². The van der Waals surface area contributed by atoms with E-state index in [4.69, 9.17) is 0 Å². The first-order valence-corrected chi connectivity index (χ1v) is 12.3. The van der Waals surface area contributed by atoms with Crippen LogP contribution in [0.5, 0.6) is 0 Å².